The molecule has 0 unspecified atom stereocenters. The fraction of sp³-hybridized carbons (Fsp3) is 0.316. The van der Waals surface area contributed by atoms with E-state index in [0.717, 1.165) is 0 Å². The standard InChI is InChI=1S/C19H21N3O7/c1-11(2)16(21-18(24)15-9-6-10-28-15)19(25)29-12(3)17(23)20-13-7-4-5-8-14(13)22(26)27/h4-12,16H,1-3H3,(H,20,23)(H,21,24)/t12-,16+/m1/s1. The van der Waals surface area contributed by atoms with E-state index in [9.17, 15) is 24.5 Å². The Morgan fingerprint density at radius 1 is 1.10 bits per heavy atom. The van der Waals surface area contributed by atoms with Crippen molar-refractivity contribution in [3.05, 3.63) is 58.5 Å². The first-order chi connectivity index (χ1) is 13.7. The minimum Gasteiger partial charge on any atom is -0.459 e. The molecule has 2 atom stereocenters. The second-order valence-corrected chi connectivity index (χ2v) is 6.52. The van der Waals surface area contributed by atoms with E-state index in [-0.39, 0.29) is 23.1 Å². The first-order valence-corrected chi connectivity index (χ1v) is 8.79. The molecule has 2 N–H and O–H groups in total. The summed E-state index contributed by atoms with van der Waals surface area (Å²) in [4.78, 5) is 47.3. The number of hydrogen-bond donors (Lipinski definition) is 2. The number of furan rings is 1. The number of nitro groups is 1. The molecule has 1 aromatic carbocycles. The molecule has 0 radical (unpaired) electrons. The highest BCUT2D eigenvalue weighted by Gasteiger charge is 2.30. The molecule has 2 rings (SSSR count). The Morgan fingerprint density at radius 2 is 1.79 bits per heavy atom. The number of nitro benzene ring substituents is 1. The summed E-state index contributed by atoms with van der Waals surface area (Å²) in [5, 5.41) is 15.9. The fourth-order valence-corrected chi connectivity index (χ4v) is 2.39. The Hall–Kier alpha value is -3.69. The molecule has 0 saturated heterocycles. The summed E-state index contributed by atoms with van der Waals surface area (Å²) in [7, 11) is 0. The number of carbonyl (C=O) groups excluding carboxylic acids is 3. The van der Waals surface area contributed by atoms with Crippen molar-refractivity contribution in [1.82, 2.24) is 5.32 Å². The van der Waals surface area contributed by atoms with Crippen LogP contribution in [0.4, 0.5) is 11.4 Å². The van der Waals surface area contributed by atoms with Crippen molar-refractivity contribution < 1.29 is 28.5 Å². The molecule has 2 aromatic rings. The van der Waals surface area contributed by atoms with Crippen molar-refractivity contribution in [2.24, 2.45) is 5.92 Å². The van der Waals surface area contributed by atoms with Gasteiger partial charge in [-0.25, -0.2) is 4.79 Å². The number of esters is 1. The van der Waals surface area contributed by atoms with E-state index in [0.29, 0.717) is 0 Å². The van der Waals surface area contributed by atoms with Crippen LogP contribution in [0.5, 0.6) is 0 Å². The number of nitrogens with one attached hydrogen (secondary N) is 2. The second kappa shape index (κ2) is 9.49. The van der Waals surface area contributed by atoms with Crippen LogP contribution in [0.1, 0.15) is 31.3 Å². The quantitative estimate of drug-likeness (QED) is 0.392. The zero-order chi connectivity index (χ0) is 21.6. The van der Waals surface area contributed by atoms with Crippen LogP contribution in [0.25, 0.3) is 0 Å². The summed E-state index contributed by atoms with van der Waals surface area (Å²) in [6, 6.07) is 7.56. The molecule has 1 aromatic heterocycles. The van der Waals surface area contributed by atoms with Gasteiger partial charge in [0.2, 0.25) is 0 Å². The summed E-state index contributed by atoms with van der Waals surface area (Å²) in [6.45, 7) is 4.73. The Kier molecular flexibility index (Phi) is 7.07. The molecule has 0 fully saturated rings. The summed E-state index contributed by atoms with van der Waals surface area (Å²) in [5.41, 5.74) is -0.304. The van der Waals surface area contributed by atoms with Gasteiger partial charge in [-0.15, -0.1) is 0 Å². The molecule has 29 heavy (non-hydrogen) atoms. The van der Waals surface area contributed by atoms with Gasteiger partial charge in [0.1, 0.15) is 11.7 Å². The van der Waals surface area contributed by atoms with E-state index >= 15 is 0 Å². The first kappa shape index (κ1) is 21.6. The molecule has 10 nitrogen and oxygen atoms in total. The van der Waals surface area contributed by atoms with Gasteiger partial charge in [-0.1, -0.05) is 26.0 Å². The summed E-state index contributed by atoms with van der Waals surface area (Å²) >= 11 is 0. The number of anilines is 1. The van der Waals surface area contributed by atoms with E-state index in [1.165, 1.54) is 49.6 Å². The van der Waals surface area contributed by atoms with Crippen molar-refractivity contribution in [3.8, 4) is 0 Å². The number of nitrogens with zero attached hydrogens (tertiary/aromatic N) is 1. The molecule has 1 heterocycles. The molecule has 0 aliphatic rings. The van der Waals surface area contributed by atoms with Crippen molar-refractivity contribution in [2.45, 2.75) is 32.9 Å². The molecular weight excluding hydrogens is 382 g/mol. The summed E-state index contributed by atoms with van der Waals surface area (Å²) < 4.78 is 10.1. The monoisotopic (exact) mass is 403 g/mol. The smallest absolute Gasteiger partial charge is 0.329 e. The third kappa shape index (κ3) is 5.64. The lowest BCUT2D eigenvalue weighted by molar-refractivity contribution is -0.383. The highest BCUT2D eigenvalue weighted by atomic mass is 16.6. The molecule has 0 bridgehead atoms. The summed E-state index contributed by atoms with van der Waals surface area (Å²) in [6.07, 6.45) is 0.0800. The van der Waals surface area contributed by atoms with Crippen molar-refractivity contribution in [1.29, 1.82) is 0 Å². The zero-order valence-electron chi connectivity index (χ0n) is 16.1. The number of amides is 2. The maximum Gasteiger partial charge on any atom is 0.329 e. The van der Waals surface area contributed by atoms with Gasteiger partial charge < -0.3 is 19.8 Å². The topological polar surface area (TPSA) is 141 Å². The van der Waals surface area contributed by atoms with Crippen LogP contribution in [0, 0.1) is 16.0 Å². The van der Waals surface area contributed by atoms with Crippen molar-refractivity contribution in [3.63, 3.8) is 0 Å². The Bertz CT molecular complexity index is 893. The highest BCUT2D eigenvalue weighted by Crippen LogP contribution is 2.23. The van der Waals surface area contributed by atoms with Gasteiger partial charge >= 0.3 is 5.97 Å². The van der Waals surface area contributed by atoms with Crippen molar-refractivity contribution >= 4 is 29.2 Å². The molecule has 10 heteroatoms. The predicted octanol–water partition coefficient (Wildman–Crippen LogP) is 2.51. The fourth-order valence-electron chi connectivity index (χ4n) is 2.39. The second-order valence-electron chi connectivity index (χ2n) is 6.52. The van der Waals surface area contributed by atoms with E-state index in [1.54, 1.807) is 13.8 Å². The van der Waals surface area contributed by atoms with E-state index in [4.69, 9.17) is 9.15 Å². The number of para-hydroxylation sites is 2. The number of ether oxygens (including phenoxy) is 1. The Morgan fingerprint density at radius 3 is 2.38 bits per heavy atom. The van der Waals surface area contributed by atoms with Gasteiger partial charge in [0.15, 0.2) is 11.9 Å². The van der Waals surface area contributed by atoms with E-state index < -0.39 is 34.9 Å². The largest absolute Gasteiger partial charge is 0.459 e. The van der Waals surface area contributed by atoms with Crippen LogP contribution in [-0.2, 0) is 14.3 Å². The third-order valence-corrected chi connectivity index (χ3v) is 3.97. The minimum atomic E-state index is -1.25. The average molecular weight is 403 g/mol. The normalized spacial score (nSPS) is 12.7. The maximum atomic E-state index is 12.5. The Balaban J connectivity index is 2.02. The maximum absolute atomic E-state index is 12.5. The molecule has 154 valence electrons. The van der Waals surface area contributed by atoms with Crippen LogP contribution < -0.4 is 10.6 Å². The lowest BCUT2D eigenvalue weighted by Gasteiger charge is -2.22. The average Bonchev–Trinajstić information content (AvgIpc) is 3.20. The van der Waals surface area contributed by atoms with Crippen LogP contribution >= 0.6 is 0 Å². The third-order valence-electron chi connectivity index (χ3n) is 3.97. The van der Waals surface area contributed by atoms with Gasteiger partial charge in [-0.2, -0.15) is 0 Å². The molecular formula is C19H21N3O7. The molecule has 2 amide bonds. The lowest BCUT2D eigenvalue weighted by Crippen LogP contribution is -2.47. The highest BCUT2D eigenvalue weighted by molar-refractivity contribution is 5.98. The first-order valence-electron chi connectivity index (χ1n) is 8.79. The van der Waals surface area contributed by atoms with E-state index in [1.807, 2.05) is 0 Å². The zero-order valence-corrected chi connectivity index (χ0v) is 16.1. The number of benzene rings is 1. The molecule has 0 aliphatic heterocycles. The molecule has 0 aliphatic carbocycles. The van der Waals surface area contributed by atoms with Gasteiger partial charge in [-0.05, 0) is 31.0 Å². The predicted molar refractivity (Wildman–Crippen MR) is 102 cm³/mol. The molecule has 0 spiro atoms. The van der Waals surface area contributed by atoms with E-state index in [2.05, 4.69) is 10.6 Å². The number of rotatable bonds is 8. The van der Waals surface area contributed by atoms with Crippen LogP contribution in [-0.4, -0.2) is 34.9 Å². The SMILES string of the molecule is CC(C)[C@H](NC(=O)c1ccco1)C(=O)O[C@H](C)C(=O)Nc1ccccc1[N+](=O)[O-]. The number of carbonyl (C=O) groups is 3. The van der Waals surface area contributed by atoms with Gasteiger partial charge in [0.25, 0.3) is 17.5 Å². The van der Waals surface area contributed by atoms with Gasteiger partial charge in [0.05, 0.1) is 11.2 Å². The van der Waals surface area contributed by atoms with Crippen LogP contribution in [0.3, 0.4) is 0 Å². The molecule has 0 saturated carbocycles. The van der Waals surface area contributed by atoms with Crippen LogP contribution in [0.2, 0.25) is 0 Å². The van der Waals surface area contributed by atoms with Crippen LogP contribution in [0.15, 0.2) is 47.1 Å². The minimum absolute atomic E-state index is 0.0167. The number of hydrogen-bond acceptors (Lipinski definition) is 7. The van der Waals surface area contributed by atoms with Gasteiger partial charge in [-0.3, -0.25) is 19.7 Å². The Labute approximate surface area is 166 Å². The van der Waals surface area contributed by atoms with Crippen molar-refractivity contribution in [2.75, 3.05) is 5.32 Å². The van der Waals surface area contributed by atoms with Gasteiger partial charge in [0, 0.05) is 6.07 Å². The lowest BCUT2D eigenvalue weighted by atomic mass is 10.0. The summed E-state index contributed by atoms with van der Waals surface area (Å²) in [5.74, 6) is -2.45.